The van der Waals surface area contributed by atoms with Gasteiger partial charge in [-0.2, -0.15) is 0 Å². The van der Waals surface area contributed by atoms with E-state index in [9.17, 15) is 4.79 Å². The van der Waals surface area contributed by atoms with Crippen LogP contribution in [0.4, 0.5) is 11.5 Å². The fourth-order valence-electron chi connectivity index (χ4n) is 3.22. The van der Waals surface area contributed by atoms with Gasteiger partial charge in [-0.3, -0.25) is 4.79 Å². The van der Waals surface area contributed by atoms with Crippen LogP contribution in [0.1, 0.15) is 32.1 Å². The van der Waals surface area contributed by atoms with Crippen molar-refractivity contribution >= 4 is 17.4 Å². The summed E-state index contributed by atoms with van der Waals surface area (Å²) in [7, 11) is 0. The number of pyridine rings is 1. The van der Waals surface area contributed by atoms with E-state index in [1.807, 2.05) is 12.1 Å². The summed E-state index contributed by atoms with van der Waals surface area (Å²) >= 11 is 0. The van der Waals surface area contributed by atoms with Crippen LogP contribution in [0.5, 0.6) is 0 Å². The molecule has 1 aliphatic heterocycles. The minimum Gasteiger partial charge on any atom is -0.355 e. The molecule has 3 rings (SSSR count). The van der Waals surface area contributed by atoms with Crippen molar-refractivity contribution < 1.29 is 4.79 Å². The number of nitrogens with two attached hydrogens (primary N) is 1. The second-order valence-corrected chi connectivity index (χ2v) is 5.76. The van der Waals surface area contributed by atoms with Gasteiger partial charge < -0.3 is 16.0 Å². The summed E-state index contributed by atoms with van der Waals surface area (Å²) in [6.45, 7) is 2.03. The third-order valence-corrected chi connectivity index (χ3v) is 4.36. The van der Waals surface area contributed by atoms with Gasteiger partial charge in [0.2, 0.25) is 5.91 Å². The minimum absolute atomic E-state index is 0.00177. The SMILES string of the molecule is NC1CCCC1C(=O)Nc1cccnc1N1CCCC1. The average molecular weight is 274 g/mol. The fraction of sp³-hybridized carbons (Fsp3) is 0.600. The van der Waals surface area contributed by atoms with E-state index in [4.69, 9.17) is 5.73 Å². The maximum Gasteiger partial charge on any atom is 0.229 e. The Kier molecular flexibility index (Phi) is 3.87. The van der Waals surface area contributed by atoms with Crippen LogP contribution < -0.4 is 16.0 Å². The third-order valence-electron chi connectivity index (χ3n) is 4.36. The number of anilines is 2. The first-order chi connectivity index (χ1) is 9.75. The predicted octanol–water partition coefficient (Wildman–Crippen LogP) is 1.75. The highest BCUT2D eigenvalue weighted by Crippen LogP contribution is 2.29. The summed E-state index contributed by atoms with van der Waals surface area (Å²) in [6, 6.07) is 3.80. The lowest BCUT2D eigenvalue weighted by molar-refractivity contribution is -0.120. The number of carbonyl (C=O) groups is 1. The van der Waals surface area contributed by atoms with E-state index in [0.717, 1.165) is 43.9 Å². The highest BCUT2D eigenvalue weighted by atomic mass is 16.1. The highest BCUT2D eigenvalue weighted by Gasteiger charge is 2.31. The first-order valence-electron chi connectivity index (χ1n) is 7.52. The maximum atomic E-state index is 12.4. The summed E-state index contributed by atoms with van der Waals surface area (Å²) in [5.74, 6) is 0.884. The van der Waals surface area contributed by atoms with Crippen molar-refractivity contribution in [3.63, 3.8) is 0 Å². The molecular weight excluding hydrogens is 252 g/mol. The van der Waals surface area contributed by atoms with Gasteiger partial charge in [-0.05, 0) is 37.8 Å². The second-order valence-electron chi connectivity index (χ2n) is 5.76. The summed E-state index contributed by atoms with van der Waals surface area (Å²) in [5, 5.41) is 3.04. The molecule has 2 unspecified atom stereocenters. The van der Waals surface area contributed by atoms with Gasteiger partial charge in [0.25, 0.3) is 0 Å². The van der Waals surface area contributed by atoms with Crippen LogP contribution in [0.3, 0.4) is 0 Å². The van der Waals surface area contributed by atoms with E-state index >= 15 is 0 Å². The Labute approximate surface area is 119 Å². The summed E-state index contributed by atoms with van der Waals surface area (Å²) < 4.78 is 0. The van der Waals surface area contributed by atoms with Crippen molar-refractivity contribution in [2.45, 2.75) is 38.1 Å². The lowest BCUT2D eigenvalue weighted by atomic mass is 10.0. The molecule has 2 aliphatic rings. The molecule has 0 spiro atoms. The normalized spacial score (nSPS) is 25.9. The predicted molar refractivity (Wildman–Crippen MR) is 79.6 cm³/mol. The van der Waals surface area contributed by atoms with Crippen molar-refractivity contribution in [1.82, 2.24) is 4.98 Å². The third kappa shape index (κ3) is 2.63. The number of rotatable bonds is 3. The number of nitrogens with one attached hydrogen (secondary N) is 1. The van der Waals surface area contributed by atoms with Crippen LogP contribution in [-0.4, -0.2) is 30.0 Å². The van der Waals surface area contributed by atoms with Crippen LogP contribution >= 0.6 is 0 Å². The van der Waals surface area contributed by atoms with Crippen molar-refractivity contribution in [1.29, 1.82) is 0 Å². The molecule has 1 saturated heterocycles. The number of hydrogen-bond acceptors (Lipinski definition) is 4. The summed E-state index contributed by atoms with van der Waals surface area (Å²) in [4.78, 5) is 19.0. The Morgan fingerprint density at radius 2 is 2.10 bits per heavy atom. The van der Waals surface area contributed by atoms with Crippen LogP contribution in [0, 0.1) is 5.92 Å². The van der Waals surface area contributed by atoms with Crippen molar-refractivity contribution in [3.8, 4) is 0 Å². The van der Waals surface area contributed by atoms with E-state index in [1.54, 1.807) is 6.20 Å². The standard InChI is InChI=1S/C15H22N4O/c16-12-6-3-5-11(12)15(20)18-13-7-4-8-17-14(13)19-9-1-2-10-19/h4,7-8,11-12H,1-3,5-6,9-10,16H2,(H,18,20). The Hall–Kier alpha value is -1.62. The zero-order valence-corrected chi connectivity index (χ0v) is 11.7. The van der Waals surface area contributed by atoms with Crippen LogP contribution in [0.15, 0.2) is 18.3 Å². The molecule has 1 amide bonds. The van der Waals surface area contributed by atoms with E-state index in [-0.39, 0.29) is 17.9 Å². The molecule has 2 heterocycles. The van der Waals surface area contributed by atoms with Gasteiger partial charge in [0.15, 0.2) is 5.82 Å². The minimum atomic E-state index is -0.0540. The molecule has 20 heavy (non-hydrogen) atoms. The lowest BCUT2D eigenvalue weighted by Crippen LogP contribution is -2.34. The monoisotopic (exact) mass is 274 g/mol. The summed E-state index contributed by atoms with van der Waals surface area (Å²) in [6.07, 6.45) is 7.06. The van der Waals surface area contributed by atoms with Gasteiger partial charge in [-0.25, -0.2) is 4.98 Å². The molecule has 0 aromatic carbocycles. The molecule has 5 nitrogen and oxygen atoms in total. The lowest BCUT2D eigenvalue weighted by Gasteiger charge is -2.21. The number of amides is 1. The quantitative estimate of drug-likeness (QED) is 0.881. The van der Waals surface area contributed by atoms with Gasteiger partial charge in [0.1, 0.15) is 0 Å². The number of nitrogens with zero attached hydrogens (tertiary/aromatic N) is 2. The Bertz CT molecular complexity index is 485. The largest absolute Gasteiger partial charge is 0.355 e. The van der Waals surface area contributed by atoms with Crippen molar-refractivity contribution in [2.75, 3.05) is 23.3 Å². The van der Waals surface area contributed by atoms with E-state index in [2.05, 4.69) is 15.2 Å². The molecule has 1 aromatic rings. The number of carbonyl (C=O) groups excluding carboxylic acids is 1. The maximum absolute atomic E-state index is 12.4. The van der Waals surface area contributed by atoms with Crippen LogP contribution in [0.25, 0.3) is 0 Å². The van der Waals surface area contributed by atoms with Gasteiger partial charge >= 0.3 is 0 Å². The molecule has 2 atom stereocenters. The smallest absolute Gasteiger partial charge is 0.229 e. The molecule has 1 saturated carbocycles. The molecule has 5 heteroatoms. The topological polar surface area (TPSA) is 71.2 Å². The van der Waals surface area contributed by atoms with E-state index < -0.39 is 0 Å². The second kappa shape index (κ2) is 5.79. The Morgan fingerprint density at radius 1 is 1.30 bits per heavy atom. The molecule has 0 bridgehead atoms. The first-order valence-corrected chi connectivity index (χ1v) is 7.52. The first kappa shape index (κ1) is 13.4. The Morgan fingerprint density at radius 3 is 2.80 bits per heavy atom. The average Bonchev–Trinajstić information content (AvgIpc) is 3.10. The van der Waals surface area contributed by atoms with Crippen LogP contribution in [-0.2, 0) is 4.79 Å². The van der Waals surface area contributed by atoms with Gasteiger partial charge in [0, 0.05) is 25.3 Å². The van der Waals surface area contributed by atoms with Gasteiger partial charge in [-0.15, -0.1) is 0 Å². The number of hydrogen-bond donors (Lipinski definition) is 2. The highest BCUT2D eigenvalue weighted by molar-refractivity contribution is 5.95. The molecule has 1 aromatic heterocycles. The van der Waals surface area contributed by atoms with Crippen LogP contribution in [0.2, 0.25) is 0 Å². The molecule has 2 fully saturated rings. The van der Waals surface area contributed by atoms with Crippen molar-refractivity contribution in [2.24, 2.45) is 11.7 Å². The van der Waals surface area contributed by atoms with Gasteiger partial charge in [-0.1, -0.05) is 6.42 Å². The van der Waals surface area contributed by atoms with E-state index in [0.29, 0.717) is 0 Å². The Balaban J connectivity index is 1.75. The summed E-state index contributed by atoms with van der Waals surface area (Å²) in [5.41, 5.74) is 6.82. The van der Waals surface area contributed by atoms with Crippen molar-refractivity contribution in [3.05, 3.63) is 18.3 Å². The van der Waals surface area contributed by atoms with E-state index in [1.165, 1.54) is 12.8 Å². The fourth-order valence-corrected chi connectivity index (χ4v) is 3.22. The zero-order chi connectivity index (χ0) is 13.9. The number of aromatic nitrogens is 1. The molecular formula is C15H22N4O. The zero-order valence-electron chi connectivity index (χ0n) is 11.7. The molecule has 0 radical (unpaired) electrons. The van der Waals surface area contributed by atoms with Gasteiger partial charge in [0.05, 0.1) is 11.6 Å². The molecule has 1 aliphatic carbocycles. The molecule has 3 N–H and O–H groups in total. The molecule has 108 valence electrons.